The van der Waals surface area contributed by atoms with Crippen molar-refractivity contribution < 1.29 is 18.7 Å². The Bertz CT molecular complexity index is 1800. The maximum atomic E-state index is 13.0. The quantitative estimate of drug-likeness (QED) is 0.114. The molecule has 3 aromatic rings. The van der Waals surface area contributed by atoms with Gasteiger partial charge in [-0.1, -0.05) is 95.9 Å². The molecule has 0 radical (unpaired) electrons. The first-order valence-corrected chi connectivity index (χ1v) is 20.1. The predicted molar refractivity (Wildman–Crippen MR) is 205 cm³/mol. The molecule has 51 heavy (non-hydrogen) atoms. The van der Waals surface area contributed by atoms with E-state index in [4.69, 9.17) is 13.9 Å². The van der Waals surface area contributed by atoms with E-state index >= 15 is 0 Å². The van der Waals surface area contributed by atoms with Gasteiger partial charge in [-0.2, -0.15) is 0 Å². The van der Waals surface area contributed by atoms with Gasteiger partial charge in [-0.15, -0.1) is 0 Å². The molecule has 1 heterocycles. The van der Waals surface area contributed by atoms with E-state index < -0.39 is 0 Å². The molecule has 0 amide bonds. The van der Waals surface area contributed by atoms with Gasteiger partial charge in [0, 0.05) is 29.9 Å². The third kappa shape index (κ3) is 7.08. The molecule has 2 aromatic carbocycles. The van der Waals surface area contributed by atoms with E-state index in [0.29, 0.717) is 28.7 Å². The van der Waals surface area contributed by atoms with E-state index in [1.165, 1.54) is 56.9 Å². The highest BCUT2D eigenvalue weighted by atomic mass is 16.6. The molecule has 0 spiro atoms. The number of carbonyl (C=O) groups excluding carboxylic acids is 1. The second kappa shape index (κ2) is 14.6. The number of hydrogen-bond acceptors (Lipinski definition) is 5. The van der Waals surface area contributed by atoms with Crippen molar-refractivity contribution in [3.05, 3.63) is 87.3 Å². The molecular weight excluding hydrogens is 633 g/mol. The van der Waals surface area contributed by atoms with Crippen molar-refractivity contribution in [2.24, 2.45) is 46.3 Å². The highest BCUT2D eigenvalue weighted by molar-refractivity contribution is 5.82. The lowest BCUT2D eigenvalue weighted by molar-refractivity contribution is -0.153. The maximum Gasteiger partial charge on any atom is 0.344 e. The summed E-state index contributed by atoms with van der Waals surface area (Å²) in [4.78, 5) is 26.0. The summed E-state index contributed by atoms with van der Waals surface area (Å²) in [6, 6.07) is 15.4. The highest BCUT2D eigenvalue weighted by Gasteiger charge is 2.59. The lowest BCUT2D eigenvalue weighted by Gasteiger charge is -2.58. The van der Waals surface area contributed by atoms with Gasteiger partial charge in [0.15, 0.2) is 6.61 Å². The SMILES string of the molecule is Cc1c(Cc2ccccc2)c(=O)oc2cc(OCC(=O)O[C@H]3CC[C@@]4(C)C(=CC[C@H]5[C@H]6CC[C@H]([C@H](C)CCCC(C)C)[C@@]6(C)CC[C@H]54)C3)ccc12. The van der Waals surface area contributed by atoms with Crippen LogP contribution in [0.15, 0.2) is 69.4 Å². The van der Waals surface area contributed by atoms with Crippen molar-refractivity contribution >= 4 is 16.9 Å². The smallest absolute Gasteiger partial charge is 0.344 e. The average Bonchev–Trinajstić information content (AvgIpc) is 3.47. The minimum absolute atomic E-state index is 0.103. The minimum atomic E-state index is -0.346. The largest absolute Gasteiger partial charge is 0.482 e. The first-order chi connectivity index (χ1) is 24.5. The second-order valence-corrected chi connectivity index (χ2v) is 17.7. The van der Waals surface area contributed by atoms with Crippen LogP contribution in [0.4, 0.5) is 0 Å². The molecule has 5 heteroatoms. The molecule has 274 valence electrons. The van der Waals surface area contributed by atoms with E-state index in [0.717, 1.165) is 71.3 Å². The molecule has 0 bridgehead atoms. The van der Waals surface area contributed by atoms with Gasteiger partial charge in [0.2, 0.25) is 0 Å². The number of rotatable bonds is 11. The van der Waals surface area contributed by atoms with Crippen molar-refractivity contribution in [1.82, 2.24) is 0 Å². The molecule has 1 aromatic heterocycles. The fraction of sp³-hybridized carbons (Fsp3) is 0.609. The Balaban J connectivity index is 0.945. The Kier molecular flexibility index (Phi) is 10.3. The molecule has 0 unspecified atom stereocenters. The zero-order chi connectivity index (χ0) is 35.9. The summed E-state index contributed by atoms with van der Waals surface area (Å²) in [6.45, 7) is 14.3. The summed E-state index contributed by atoms with van der Waals surface area (Å²) in [7, 11) is 0. The number of benzene rings is 2. The number of allylic oxidation sites excluding steroid dienone is 1. The van der Waals surface area contributed by atoms with Crippen molar-refractivity contribution in [1.29, 1.82) is 0 Å². The average molecular weight is 693 g/mol. The summed E-state index contributed by atoms with van der Waals surface area (Å²) in [5.41, 5.74) is 4.98. The molecule has 4 aliphatic carbocycles. The maximum absolute atomic E-state index is 13.0. The molecule has 0 saturated heterocycles. The molecular formula is C46H60O5. The highest BCUT2D eigenvalue weighted by Crippen LogP contribution is 2.67. The molecule has 0 aliphatic heterocycles. The molecule has 0 N–H and O–H groups in total. The van der Waals surface area contributed by atoms with Gasteiger partial charge >= 0.3 is 11.6 Å². The zero-order valence-corrected chi connectivity index (χ0v) is 32.0. The van der Waals surface area contributed by atoms with Gasteiger partial charge in [0.25, 0.3) is 0 Å². The van der Waals surface area contributed by atoms with Crippen LogP contribution in [-0.4, -0.2) is 18.7 Å². The van der Waals surface area contributed by atoms with Crippen molar-refractivity contribution in [3.63, 3.8) is 0 Å². The Morgan fingerprint density at radius 2 is 1.76 bits per heavy atom. The first-order valence-electron chi connectivity index (χ1n) is 20.1. The van der Waals surface area contributed by atoms with Crippen LogP contribution >= 0.6 is 0 Å². The van der Waals surface area contributed by atoms with Crippen LogP contribution in [0.1, 0.15) is 122 Å². The summed E-state index contributed by atoms with van der Waals surface area (Å²) in [5, 5.41) is 0.866. The van der Waals surface area contributed by atoms with Crippen molar-refractivity contribution in [3.8, 4) is 5.75 Å². The van der Waals surface area contributed by atoms with Crippen LogP contribution in [0, 0.1) is 53.3 Å². The fourth-order valence-electron chi connectivity index (χ4n) is 11.6. The lowest BCUT2D eigenvalue weighted by atomic mass is 9.47. The van der Waals surface area contributed by atoms with Gasteiger partial charge in [-0.05, 0) is 121 Å². The topological polar surface area (TPSA) is 65.7 Å². The molecule has 3 fully saturated rings. The van der Waals surface area contributed by atoms with Crippen LogP contribution in [0.25, 0.3) is 11.0 Å². The number of ether oxygens (including phenoxy) is 2. The summed E-state index contributed by atoms with van der Waals surface area (Å²) < 4.78 is 17.6. The van der Waals surface area contributed by atoms with Crippen LogP contribution in [0.3, 0.4) is 0 Å². The third-order valence-corrected chi connectivity index (χ3v) is 14.4. The number of fused-ring (bicyclic) bond motifs is 6. The third-order valence-electron chi connectivity index (χ3n) is 14.4. The fourth-order valence-corrected chi connectivity index (χ4v) is 11.6. The van der Waals surface area contributed by atoms with Crippen LogP contribution in [-0.2, 0) is 16.0 Å². The Labute approximate surface area is 305 Å². The molecule has 5 nitrogen and oxygen atoms in total. The van der Waals surface area contributed by atoms with Gasteiger partial charge in [0.1, 0.15) is 17.4 Å². The Morgan fingerprint density at radius 1 is 0.961 bits per heavy atom. The van der Waals surface area contributed by atoms with Gasteiger partial charge in [-0.25, -0.2) is 9.59 Å². The normalized spacial score (nSPS) is 30.6. The number of carbonyl (C=O) groups is 1. The van der Waals surface area contributed by atoms with Crippen LogP contribution in [0.5, 0.6) is 5.75 Å². The summed E-state index contributed by atoms with van der Waals surface area (Å²) >= 11 is 0. The van der Waals surface area contributed by atoms with E-state index in [-0.39, 0.29) is 29.7 Å². The molecule has 8 atom stereocenters. The van der Waals surface area contributed by atoms with E-state index in [2.05, 4.69) is 40.7 Å². The van der Waals surface area contributed by atoms with Crippen molar-refractivity contribution in [2.45, 2.75) is 125 Å². The molecule has 7 rings (SSSR count). The molecule has 4 aliphatic rings. The Morgan fingerprint density at radius 3 is 2.55 bits per heavy atom. The van der Waals surface area contributed by atoms with Crippen molar-refractivity contribution in [2.75, 3.05) is 6.61 Å². The van der Waals surface area contributed by atoms with Crippen LogP contribution in [0.2, 0.25) is 0 Å². The van der Waals surface area contributed by atoms with Gasteiger partial charge in [0.05, 0.1) is 0 Å². The predicted octanol–water partition coefficient (Wildman–Crippen LogP) is 11.0. The van der Waals surface area contributed by atoms with Gasteiger partial charge < -0.3 is 13.9 Å². The zero-order valence-electron chi connectivity index (χ0n) is 32.0. The lowest BCUT2D eigenvalue weighted by Crippen LogP contribution is -2.51. The second-order valence-electron chi connectivity index (χ2n) is 17.7. The van der Waals surface area contributed by atoms with E-state index in [9.17, 15) is 9.59 Å². The standard InChI is InChI=1S/C46H60O5/c1-29(2)11-10-12-30(3)39-19-20-40-37-17-15-33-26-35(21-23-45(33,5)41(37)22-24-46(39,40)6)50-43(47)28-49-34-16-18-36-31(4)38(44(48)51-42(36)27-34)25-32-13-8-7-9-14-32/h7-9,13-16,18,27,29-30,35,37,39-41H,10-12,17,19-26,28H2,1-6H3/t30-,35+,37+,39-,40-,41-,45+,46-/m1/s1. The van der Waals surface area contributed by atoms with E-state index in [1.54, 1.807) is 6.07 Å². The number of hydrogen-bond donors (Lipinski definition) is 0. The molecule has 3 saturated carbocycles. The monoisotopic (exact) mass is 692 g/mol. The number of esters is 1. The summed E-state index contributed by atoms with van der Waals surface area (Å²) in [5.74, 6) is 5.04. The number of aryl methyl sites for hydroxylation is 1. The summed E-state index contributed by atoms with van der Waals surface area (Å²) in [6.07, 6.45) is 16.7. The first kappa shape index (κ1) is 36.0. The minimum Gasteiger partial charge on any atom is -0.482 e. The van der Waals surface area contributed by atoms with Crippen LogP contribution < -0.4 is 10.4 Å². The van der Waals surface area contributed by atoms with E-state index in [1.807, 2.05) is 49.4 Å². The van der Waals surface area contributed by atoms with Gasteiger partial charge in [-0.3, -0.25) is 0 Å². The Hall–Kier alpha value is -3.34.